The first kappa shape index (κ1) is 24.3. The molecule has 33 heavy (non-hydrogen) atoms. The summed E-state index contributed by atoms with van der Waals surface area (Å²) in [4.78, 5) is 0. The number of hydrogen-bond donors (Lipinski definition) is 0. The van der Waals surface area contributed by atoms with Gasteiger partial charge in [0, 0.05) is 0 Å². The van der Waals surface area contributed by atoms with E-state index in [1.165, 1.54) is 47.7 Å². The van der Waals surface area contributed by atoms with Gasteiger partial charge in [0.25, 0.3) is 0 Å². The fourth-order valence-electron chi connectivity index (χ4n) is 4.11. The quantitative estimate of drug-likeness (QED) is 0.286. The third-order valence-corrected chi connectivity index (χ3v) is 12.6. The molecular weight excluding hydrogens is 630 g/mol. The predicted molar refractivity (Wildman–Crippen MR) is 129 cm³/mol. The maximum absolute atomic E-state index is 6.14. The first-order chi connectivity index (χ1) is 15.8. The van der Waals surface area contributed by atoms with Gasteiger partial charge in [-0.05, 0) is 0 Å². The van der Waals surface area contributed by atoms with Crippen molar-refractivity contribution in [1.29, 1.82) is 0 Å². The van der Waals surface area contributed by atoms with Gasteiger partial charge >= 0.3 is 221 Å². The van der Waals surface area contributed by atoms with Crippen LogP contribution in [0.15, 0.2) is 72.8 Å². The number of benzene rings is 4. The second-order valence-corrected chi connectivity index (χ2v) is 14.4. The van der Waals surface area contributed by atoms with Gasteiger partial charge in [-0.25, -0.2) is 0 Å². The molecule has 172 valence electrons. The van der Waals surface area contributed by atoms with E-state index in [0.717, 1.165) is 11.5 Å². The minimum absolute atomic E-state index is 0.190. The number of rotatable bonds is 6. The molecule has 1 nitrogen and oxygen atoms in total. The van der Waals surface area contributed by atoms with Crippen LogP contribution < -0.4 is 47.1 Å². The Bertz CT molecular complexity index is 1120. The van der Waals surface area contributed by atoms with Crippen LogP contribution in [-0.4, -0.2) is 0 Å². The summed E-state index contributed by atoms with van der Waals surface area (Å²) in [5.74, 6) is 1.79. The minimum atomic E-state index is -0.190. The van der Waals surface area contributed by atoms with Crippen LogP contribution >= 0.6 is 0 Å². The van der Waals surface area contributed by atoms with Crippen molar-refractivity contribution in [3.05, 3.63) is 120 Å². The van der Waals surface area contributed by atoms with E-state index < -0.39 is 0 Å². The van der Waals surface area contributed by atoms with Crippen LogP contribution in [0, 0.1) is 55.8 Å². The maximum atomic E-state index is 6.14. The van der Waals surface area contributed by atoms with Crippen molar-refractivity contribution in [1.82, 2.24) is 0 Å². The zero-order valence-electron chi connectivity index (χ0n) is 20.1. The van der Waals surface area contributed by atoms with Crippen LogP contribution in [0.5, 0.6) is 11.5 Å². The van der Waals surface area contributed by atoms with Gasteiger partial charge in [-0.1, -0.05) is 0 Å². The second kappa shape index (κ2) is 10.6. The van der Waals surface area contributed by atoms with Crippen LogP contribution in [-0.2, 0) is 0 Å². The standard InChI is InChI=1S/C30H30I2O/c1-19-15-21(3)29(22(4)16-19)31-25-7-11-27(12-8-25)33-28-13-9-26(10-14-28)32-30-23(5)17-20(2)18-24(30)6/h7-18H,1-6H3/q-2. The first-order valence-electron chi connectivity index (χ1n) is 11.1. The molecule has 0 fully saturated rings. The van der Waals surface area contributed by atoms with Crippen LogP contribution in [0.4, 0.5) is 0 Å². The summed E-state index contributed by atoms with van der Waals surface area (Å²) in [6.45, 7) is 13.3. The summed E-state index contributed by atoms with van der Waals surface area (Å²) in [7, 11) is 0. The molecule has 4 rings (SSSR count). The van der Waals surface area contributed by atoms with Crippen molar-refractivity contribution in [3.63, 3.8) is 0 Å². The Morgan fingerprint density at radius 2 is 0.758 bits per heavy atom. The topological polar surface area (TPSA) is 9.23 Å². The Balaban J connectivity index is 1.42. The molecule has 0 radical (unpaired) electrons. The molecule has 0 bridgehead atoms. The van der Waals surface area contributed by atoms with Crippen LogP contribution in [0.25, 0.3) is 0 Å². The molecule has 0 N–H and O–H groups in total. The average molecular weight is 660 g/mol. The van der Waals surface area contributed by atoms with E-state index in [1.54, 1.807) is 0 Å². The van der Waals surface area contributed by atoms with E-state index in [1.807, 2.05) is 0 Å². The molecule has 0 heterocycles. The van der Waals surface area contributed by atoms with Crippen LogP contribution in [0.3, 0.4) is 0 Å². The first-order valence-corrected chi connectivity index (χ1v) is 15.4. The fourth-order valence-corrected chi connectivity index (χ4v) is 9.12. The van der Waals surface area contributed by atoms with E-state index in [0.29, 0.717) is 0 Å². The normalized spacial score (nSPS) is 11.2. The zero-order valence-corrected chi connectivity index (χ0v) is 24.4. The number of aryl methyl sites for hydroxylation is 6. The second-order valence-electron chi connectivity index (χ2n) is 8.62. The van der Waals surface area contributed by atoms with Gasteiger partial charge in [-0.15, -0.1) is 0 Å². The monoisotopic (exact) mass is 660 g/mol. The molecule has 0 saturated carbocycles. The van der Waals surface area contributed by atoms with E-state index in [-0.39, 0.29) is 42.4 Å². The van der Waals surface area contributed by atoms with Crippen molar-refractivity contribution in [2.24, 2.45) is 0 Å². The SMILES string of the molecule is Cc1cc(C)c([I-]c2ccc(Oc3ccc([I-]c4c(C)cc(C)cc4C)cc3)cc2)c(C)c1. The Morgan fingerprint density at radius 3 is 1.06 bits per heavy atom. The van der Waals surface area contributed by atoms with Crippen molar-refractivity contribution < 1.29 is 47.1 Å². The zero-order chi connectivity index (χ0) is 23.5. The summed E-state index contributed by atoms with van der Waals surface area (Å²) in [5.41, 5.74) is 8.36. The Morgan fingerprint density at radius 1 is 0.455 bits per heavy atom. The summed E-state index contributed by atoms with van der Waals surface area (Å²) < 4.78 is 12.0. The molecule has 4 aromatic carbocycles. The van der Waals surface area contributed by atoms with Gasteiger partial charge in [0.2, 0.25) is 0 Å². The molecule has 3 heteroatoms. The van der Waals surface area contributed by atoms with Crippen molar-refractivity contribution in [3.8, 4) is 11.5 Å². The average Bonchev–Trinajstić information content (AvgIpc) is 2.75. The third-order valence-electron chi connectivity index (χ3n) is 5.43. The number of halogens is 2. The summed E-state index contributed by atoms with van der Waals surface area (Å²) in [6, 6.07) is 26.5. The van der Waals surface area contributed by atoms with Gasteiger partial charge in [0.05, 0.1) is 0 Å². The van der Waals surface area contributed by atoms with Gasteiger partial charge in [-0.2, -0.15) is 0 Å². The molecule has 4 aromatic rings. The van der Waals surface area contributed by atoms with Gasteiger partial charge < -0.3 is 0 Å². The number of hydrogen-bond acceptors (Lipinski definition) is 1. The summed E-state index contributed by atoms with van der Waals surface area (Å²) in [5, 5.41) is 0. The van der Waals surface area contributed by atoms with E-state index in [2.05, 4.69) is 114 Å². The third kappa shape index (κ3) is 6.18. The molecule has 0 aliphatic heterocycles. The molecular formula is C30H30I2O-2. The fraction of sp³-hybridized carbons (Fsp3) is 0.200. The van der Waals surface area contributed by atoms with Gasteiger partial charge in [0.15, 0.2) is 0 Å². The van der Waals surface area contributed by atoms with Crippen LogP contribution in [0.1, 0.15) is 33.4 Å². The Labute approximate surface area is 219 Å². The van der Waals surface area contributed by atoms with Crippen molar-refractivity contribution >= 4 is 0 Å². The van der Waals surface area contributed by atoms with E-state index >= 15 is 0 Å². The molecule has 0 amide bonds. The van der Waals surface area contributed by atoms with Crippen LogP contribution in [0.2, 0.25) is 0 Å². The molecule has 0 aliphatic carbocycles. The molecule has 0 saturated heterocycles. The molecule has 0 unspecified atom stereocenters. The van der Waals surface area contributed by atoms with E-state index in [9.17, 15) is 0 Å². The predicted octanol–water partition coefficient (Wildman–Crippen LogP) is 1.59. The van der Waals surface area contributed by atoms with E-state index in [4.69, 9.17) is 4.74 Å². The Hall–Kier alpha value is -1.86. The summed E-state index contributed by atoms with van der Waals surface area (Å²) in [6.07, 6.45) is 0. The molecule has 0 spiro atoms. The molecule has 0 atom stereocenters. The molecule has 0 aliphatic rings. The Kier molecular flexibility index (Phi) is 7.80. The summed E-state index contributed by atoms with van der Waals surface area (Å²) >= 11 is -0.380. The van der Waals surface area contributed by atoms with Gasteiger partial charge in [0.1, 0.15) is 0 Å². The van der Waals surface area contributed by atoms with Crippen molar-refractivity contribution in [2.45, 2.75) is 41.5 Å². The van der Waals surface area contributed by atoms with Crippen molar-refractivity contribution in [2.75, 3.05) is 0 Å². The molecule has 0 aromatic heterocycles. The number of ether oxygens (including phenoxy) is 1. The van der Waals surface area contributed by atoms with Gasteiger partial charge in [-0.3, -0.25) is 0 Å².